The van der Waals surface area contributed by atoms with Crippen molar-refractivity contribution in [1.29, 1.82) is 0 Å². The van der Waals surface area contributed by atoms with E-state index < -0.39 is 5.97 Å². The van der Waals surface area contributed by atoms with Gasteiger partial charge in [0, 0.05) is 11.6 Å². The molecule has 1 aromatic heterocycles. The molecule has 0 bridgehead atoms. The van der Waals surface area contributed by atoms with E-state index in [4.69, 9.17) is 5.11 Å². The Morgan fingerprint density at radius 1 is 1.25 bits per heavy atom. The highest BCUT2D eigenvalue weighted by Gasteiger charge is 2.05. The monoisotopic (exact) mass is 271 g/mol. The third kappa shape index (κ3) is 3.54. The van der Waals surface area contributed by atoms with Gasteiger partial charge in [-0.25, -0.2) is 9.97 Å². The molecule has 1 aromatic carbocycles. The van der Waals surface area contributed by atoms with E-state index in [1.54, 1.807) is 13.0 Å². The van der Waals surface area contributed by atoms with E-state index in [0.29, 0.717) is 11.6 Å². The maximum absolute atomic E-state index is 10.6. The number of anilines is 1. The number of aromatic nitrogens is 2. The van der Waals surface area contributed by atoms with Gasteiger partial charge in [0.25, 0.3) is 0 Å². The van der Waals surface area contributed by atoms with Gasteiger partial charge < -0.3 is 10.4 Å². The molecule has 0 aliphatic rings. The summed E-state index contributed by atoms with van der Waals surface area (Å²) in [6.07, 6.45) is 0.995. The number of benzene rings is 1. The minimum absolute atomic E-state index is 0.162. The summed E-state index contributed by atoms with van der Waals surface area (Å²) in [7, 11) is 0. The summed E-state index contributed by atoms with van der Waals surface area (Å²) in [4.78, 5) is 19.1. The van der Waals surface area contributed by atoms with Crippen LogP contribution in [0.5, 0.6) is 0 Å². The van der Waals surface area contributed by atoms with Crippen LogP contribution in [0.4, 0.5) is 5.82 Å². The molecular weight excluding hydrogens is 254 g/mol. The van der Waals surface area contributed by atoms with Gasteiger partial charge >= 0.3 is 5.97 Å². The molecule has 0 radical (unpaired) electrons. The van der Waals surface area contributed by atoms with Crippen molar-refractivity contribution in [2.45, 2.75) is 20.3 Å². The number of aliphatic carboxylic acids is 1. The van der Waals surface area contributed by atoms with Gasteiger partial charge in [-0.05, 0) is 18.9 Å². The number of carboxylic acids is 1. The first-order valence-corrected chi connectivity index (χ1v) is 6.49. The summed E-state index contributed by atoms with van der Waals surface area (Å²) in [6, 6.07) is 9.92. The van der Waals surface area contributed by atoms with Crippen LogP contribution in [0.25, 0.3) is 11.3 Å². The molecule has 0 aliphatic carbocycles. The maximum Gasteiger partial charge on any atom is 0.322 e. The highest BCUT2D eigenvalue weighted by Crippen LogP contribution is 2.20. The highest BCUT2D eigenvalue weighted by molar-refractivity contribution is 5.73. The number of hydrogen-bond acceptors (Lipinski definition) is 4. The van der Waals surface area contributed by atoms with E-state index in [1.165, 1.54) is 5.56 Å². The van der Waals surface area contributed by atoms with Crippen molar-refractivity contribution in [3.8, 4) is 11.3 Å². The fraction of sp³-hybridized carbons (Fsp3) is 0.267. The molecule has 5 nitrogen and oxygen atoms in total. The number of hydrogen-bond donors (Lipinski definition) is 2. The zero-order valence-electron chi connectivity index (χ0n) is 11.6. The minimum atomic E-state index is -0.921. The number of nitrogens with zero attached hydrogens (tertiary/aromatic N) is 2. The molecule has 0 aliphatic heterocycles. The Hall–Kier alpha value is -2.43. The average Bonchev–Trinajstić information content (AvgIpc) is 2.44. The summed E-state index contributed by atoms with van der Waals surface area (Å²) in [6.45, 7) is 3.73. The van der Waals surface area contributed by atoms with Crippen LogP contribution in [0.2, 0.25) is 0 Å². The fourth-order valence-corrected chi connectivity index (χ4v) is 1.88. The number of carbonyl (C=O) groups is 1. The Labute approximate surface area is 117 Å². The second kappa shape index (κ2) is 6.14. The van der Waals surface area contributed by atoms with E-state index in [1.807, 2.05) is 12.1 Å². The Kier molecular flexibility index (Phi) is 4.30. The quantitative estimate of drug-likeness (QED) is 0.874. The number of aryl methyl sites for hydroxylation is 2. The summed E-state index contributed by atoms with van der Waals surface area (Å²) in [5.41, 5.74) is 3.04. The van der Waals surface area contributed by atoms with E-state index in [-0.39, 0.29) is 6.54 Å². The Balaban J connectivity index is 2.28. The van der Waals surface area contributed by atoms with Crippen LogP contribution in [0.15, 0.2) is 30.3 Å². The van der Waals surface area contributed by atoms with Gasteiger partial charge in [-0.2, -0.15) is 0 Å². The molecule has 0 spiro atoms. The number of rotatable bonds is 5. The Morgan fingerprint density at radius 2 is 1.95 bits per heavy atom. The van der Waals surface area contributed by atoms with E-state index >= 15 is 0 Å². The summed E-state index contributed by atoms with van der Waals surface area (Å²) in [5.74, 6) is 0.208. The maximum atomic E-state index is 10.6. The minimum Gasteiger partial charge on any atom is -0.480 e. The lowest BCUT2D eigenvalue weighted by atomic mass is 10.1. The standard InChI is InChI=1S/C15H17N3O2/c1-3-11-4-6-12(7-5-11)13-8-14(16-9-15(19)20)18-10(2)17-13/h4-8H,3,9H2,1-2H3,(H,19,20)(H,16,17,18). The smallest absolute Gasteiger partial charge is 0.322 e. The molecule has 0 fully saturated rings. The second-order valence-corrected chi connectivity index (χ2v) is 4.48. The van der Waals surface area contributed by atoms with E-state index in [2.05, 4.69) is 34.3 Å². The lowest BCUT2D eigenvalue weighted by Crippen LogP contribution is -2.13. The molecule has 1 heterocycles. The predicted molar refractivity (Wildman–Crippen MR) is 77.7 cm³/mol. The first kappa shape index (κ1) is 14.0. The molecule has 0 saturated carbocycles. The summed E-state index contributed by atoms with van der Waals surface area (Å²) >= 11 is 0. The zero-order valence-corrected chi connectivity index (χ0v) is 11.6. The van der Waals surface area contributed by atoms with Crippen molar-refractivity contribution < 1.29 is 9.90 Å². The van der Waals surface area contributed by atoms with E-state index in [9.17, 15) is 4.79 Å². The Morgan fingerprint density at radius 3 is 2.55 bits per heavy atom. The van der Waals surface area contributed by atoms with Gasteiger partial charge in [0.15, 0.2) is 0 Å². The molecule has 2 N–H and O–H groups in total. The molecule has 104 valence electrons. The Bertz CT molecular complexity index is 609. The molecule has 2 aromatic rings. The van der Waals surface area contributed by atoms with Crippen molar-refractivity contribution in [2.24, 2.45) is 0 Å². The van der Waals surface area contributed by atoms with Crippen LogP contribution in [-0.2, 0) is 11.2 Å². The van der Waals surface area contributed by atoms with Gasteiger partial charge in [0.05, 0.1) is 5.69 Å². The van der Waals surface area contributed by atoms with Crippen LogP contribution in [-0.4, -0.2) is 27.6 Å². The van der Waals surface area contributed by atoms with Crippen molar-refractivity contribution in [3.63, 3.8) is 0 Å². The van der Waals surface area contributed by atoms with Crippen LogP contribution >= 0.6 is 0 Å². The average molecular weight is 271 g/mol. The van der Waals surface area contributed by atoms with Gasteiger partial charge in [-0.15, -0.1) is 0 Å². The largest absolute Gasteiger partial charge is 0.480 e. The summed E-state index contributed by atoms with van der Waals surface area (Å²) < 4.78 is 0. The van der Waals surface area contributed by atoms with Crippen LogP contribution in [0, 0.1) is 6.92 Å². The first-order chi connectivity index (χ1) is 9.58. The zero-order chi connectivity index (χ0) is 14.5. The third-order valence-corrected chi connectivity index (χ3v) is 2.92. The van der Waals surface area contributed by atoms with Gasteiger partial charge in [0.2, 0.25) is 0 Å². The molecular formula is C15H17N3O2. The van der Waals surface area contributed by atoms with Crippen LogP contribution in [0.3, 0.4) is 0 Å². The number of carboxylic acid groups (broad SMARTS) is 1. The van der Waals surface area contributed by atoms with Crippen molar-refractivity contribution in [3.05, 3.63) is 41.7 Å². The van der Waals surface area contributed by atoms with Crippen molar-refractivity contribution in [2.75, 3.05) is 11.9 Å². The van der Waals surface area contributed by atoms with Crippen molar-refractivity contribution in [1.82, 2.24) is 9.97 Å². The normalized spacial score (nSPS) is 10.3. The van der Waals surface area contributed by atoms with Gasteiger partial charge in [0.1, 0.15) is 18.2 Å². The molecule has 0 amide bonds. The third-order valence-electron chi connectivity index (χ3n) is 2.92. The van der Waals surface area contributed by atoms with Gasteiger partial charge in [-0.3, -0.25) is 4.79 Å². The highest BCUT2D eigenvalue weighted by atomic mass is 16.4. The lowest BCUT2D eigenvalue weighted by Gasteiger charge is -2.07. The number of nitrogens with one attached hydrogen (secondary N) is 1. The van der Waals surface area contributed by atoms with Crippen molar-refractivity contribution >= 4 is 11.8 Å². The first-order valence-electron chi connectivity index (χ1n) is 6.49. The molecule has 0 atom stereocenters. The topological polar surface area (TPSA) is 75.1 Å². The van der Waals surface area contributed by atoms with Crippen LogP contribution in [0.1, 0.15) is 18.3 Å². The summed E-state index contributed by atoms with van der Waals surface area (Å²) in [5, 5.41) is 11.4. The molecule has 0 saturated heterocycles. The molecule has 0 unspecified atom stereocenters. The second-order valence-electron chi connectivity index (χ2n) is 4.48. The molecule has 2 rings (SSSR count). The van der Waals surface area contributed by atoms with Crippen LogP contribution < -0.4 is 5.32 Å². The lowest BCUT2D eigenvalue weighted by molar-refractivity contribution is -0.134. The predicted octanol–water partition coefficient (Wildman–Crippen LogP) is 2.51. The fourth-order valence-electron chi connectivity index (χ4n) is 1.88. The molecule has 5 heteroatoms. The molecule has 20 heavy (non-hydrogen) atoms. The SMILES string of the molecule is CCc1ccc(-c2cc(NCC(=O)O)nc(C)n2)cc1. The van der Waals surface area contributed by atoms with Gasteiger partial charge in [-0.1, -0.05) is 31.2 Å². The van der Waals surface area contributed by atoms with E-state index in [0.717, 1.165) is 17.7 Å².